The van der Waals surface area contributed by atoms with Crippen LogP contribution >= 0.6 is 0 Å². The smallest absolute Gasteiger partial charge is 0.341 e. The van der Waals surface area contributed by atoms with Crippen molar-refractivity contribution in [3.8, 4) is 11.6 Å². The van der Waals surface area contributed by atoms with Crippen LogP contribution in [-0.2, 0) is 32.6 Å². The van der Waals surface area contributed by atoms with Crippen LogP contribution in [0.2, 0.25) is 0 Å². The number of hydrogen-bond acceptors (Lipinski definition) is 10. The largest absolute Gasteiger partial charge is 0.496 e. The monoisotopic (exact) mass is 610 g/mol. The number of nitrogen functional groups attached to an aromatic ring is 1. The summed E-state index contributed by atoms with van der Waals surface area (Å²) in [5.41, 5.74) is 10.3. The van der Waals surface area contributed by atoms with Crippen LogP contribution in [-0.4, -0.2) is 54.6 Å². The number of carbonyl (C=O) groups excluding carboxylic acids is 1. The van der Waals surface area contributed by atoms with E-state index in [9.17, 15) is 13.2 Å². The summed E-state index contributed by atoms with van der Waals surface area (Å²) >= 11 is 0. The molecule has 1 unspecified atom stereocenters. The van der Waals surface area contributed by atoms with Crippen molar-refractivity contribution < 1.29 is 26.9 Å². The van der Waals surface area contributed by atoms with E-state index in [1.165, 1.54) is 0 Å². The Bertz CT molecular complexity index is 1610. The molecule has 1 fully saturated rings. The van der Waals surface area contributed by atoms with Gasteiger partial charge in [0.2, 0.25) is 11.8 Å². The fraction of sp³-hybridized carbons (Fsp3) is 0.469. The highest BCUT2D eigenvalue weighted by Crippen LogP contribution is 2.32. The Morgan fingerprint density at radius 2 is 1.74 bits per heavy atom. The number of benzene rings is 2. The molecule has 1 saturated heterocycles. The molecule has 0 spiro atoms. The average molecular weight is 611 g/mol. The molecular weight excluding hydrogens is 568 g/mol. The van der Waals surface area contributed by atoms with E-state index in [4.69, 9.17) is 19.4 Å². The fourth-order valence-corrected chi connectivity index (χ4v) is 7.02. The minimum Gasteiger partial charge on any atom is -0.496 e. The molecule has 11 heteroatoms. The Morgan fingerprint density at radius 1 is 1.07 bits per heavy atom. The molecule has 1 aliphatic rings. The maximum atomic E-state index is 13.5. The lowest BCUT2D eigenvalue weighted by Crippen LogP contribution is -2.40. The molecule has 0 amide bonds. The predicted molar refractivity (Wildman–Crippen MR) is 165 cm³/mol. The van der Waals surface area contributed by atoms with E-state index < -0.39 is 15.7 Å². The third-order valence-electron chi connectivity index (χ3n) is 7.38. The highest BCUT2D eigenvalue weighted by atomic mass is 32.2. The molecule has 4 rings (SSSR count). The van der Waals surface area contributed by atoms with E-state index in [-0.39, 0.29) is 35.2 Å². The predicted octanol–water partition coefficient (Wildman–Crippen LogP) is 4.97. The molecular formula is C32H42N4O6S. The second-order valence-corrected chi connectivity index (χ2v) is 13.7. The first-order valence-corrected chi connectivity index (χ1v) is 15.8. The molecule has 0 bridgehead atoms. The second kappa shape index (κ2) is 12.5. The first-order chi connectivity index (χ1) is 20.1. The molecule has 1 aromatic heterocycles. The molecule has 1 atom stereocenters. The molecule has 0 saturated carbocycles. The quantitative estimate of drug-likeness (QED) is 0.262. The maximum Gasteiger partial charge on any atom is 0.341 e. The van der Waals surface area contributed by atoms with Gasteiger partial charge in [0.1, 0.15) is 22.3 Å². The average Bonchev–Trinajstić information content (AvgIpc) is 3.33. The number of carbonyl (C=O) groups is 1. The number of aromatic nitrogens is 2. The summed E-state index contributed by atoms with van der Waals surface area (Å²) in [4.78, 5) is 23.5. The van der Waals surface area contributed by atoms with Crippen molar-refractivity contribution in [1.82, 2.24) is 14.9 Å². The van der Waals surface area contributed by atoms with E-state index in [0.717, 1.165) is 36.1 Å². The number of anilines is 1. The van der Waals surface area contributed by atoms with E-state index in [1.807, 2.05) is 45.9 Å². The Morgan fingerprint density at radius 3 is 2.37 bits per heavy atom. The molecule has 10 nitrogen and oxygen atoms in total. The molecule has 2 N–H and O–H groups in total. The van der Waals surface area contributed by atoms with Crippen molar-refractivity contribution >= 4 is 22.0 Å². The minimum atomic E-state index is -4.22. The van der Waals surface area contributed by atoms with E-state index in [0.29, 0.717) is 34.7 Å². The Hall–Kier alpha value is -3.70. The Labute approximate surface area is 254 Å². The molecule has 0 radical (unpaired) electrons. The van der Waals surface area contributed by atoms with Gasteiger partial charge in [0.25, 0.3) is 0 Å². The van der Waals surface area contributed by atoms with Crippen molar-refractivity contribution in [2.75, 3.05) is 19.4 Å². The lowest BCUT2D eigenvalue weighted by Gasteiger charge is -2.27. The molecule has 43 heavy (non-hydrogen) atoms. The van der Waals surface area contributed by atoms with Gasteiger partial charge in [-0.25, -0.2) is 4.98 Å². The van der Waals surface area contributed by atoms with E-state index in [2.05, 4.69) is 14.9 Å². The zero-order chi connectivity index (χ0) is 31.7. The topological polar surface area (TPSA) is 134 Å². The molecule has 2 heterocycles. The van der Waals surface area contributed by atoms with Gasteiger partial charge in [-0.3, -0.25) is 9.69 Å². The number of aryl methyl sites for hydroxylation is 4. The van der Waals surface area contributed by atoms with Crippen LogP contribution in [0.4, 0.5) is 5.95 Å². The SMILES string of the molecule is COc1cc(CN2CCCC2C(=O)OC(C)(C)C)ccc1Cc1c(C)nc(N)nc1OS(=O)(=O)c1c(C)cc(C)cc1C. The minimum absolute atomic E-state index is 0.0868. The highest BCUT2D eigenvalue weighted by Gasteiger charge is 2.34. The summed E-state index contributed by atoms with van der Waals surface area (Å²) < 4.78 is 44.0. The summed E-state index contributed by atoms with van der Waals surface area (Å²) in [6.45, 7) is 14.1. The van der Waals surface area contributed by atoms with Crippen LogP contribution in [0.3, 0.4) is 0 Å². The van der Waals surface area contributed by atoms with Gasteiger partial charge in [-0.1, -0.05) is 29.8 Å². The number of ether oxygens (including phenoxy) is 2. The number of likely N-dealkylation sites (tertiary alicyclic amines) is 1. The molecule has 1 aliphatic heterocycles. The lowest BCUT2D eigenvalue weighted by molar-refractivity contribution is -0.160. The van der Waals surface area contributed by atoms with Gasteiger partial charge in [0.05, 0.1) is 12.8 Å². The zero-order valence-corrected chi connectivity index (χ0v) is 27.1. The first-order valence-electron chi connectivity index (χ1n) is 14.4. The number of hydrogen-bond donors (Lipinski definition) is 1. The van der Waals surface area contributed by atoms with Crippen LogP contribution in [0, 0.1) is 27.7 Å². The van der Waals surface area contributed by atoms with Crippen molar-refractivity contribution in [2.24, 2.45) is 0 Å². The van der Waals surface area contributed by atoms with Crippen molar-refractivity contribution in [2.45, 2.75) is 90.8 Å². The summed E-state index contributed by atoms with van der Waals surface area (Å²) in [6.07, 6.45) is 1.92. The van der Waals surface area contributed by atoms with Crippen LogP contribution in [0.15, 0.2) is 35.2 Å². The van der Waals surface area contributed by atoms with Crippen molar-refractivity contribution in [3.63, 3.8) is 0 Å². The van der Waals surface area contributed by atoms with Gasteiger partial charge < -0.3 is 19.4 Å². The van der Waals surface area contributed by atoms with E-state index >= 15 is 0 Å². The van der Waals surface area contributed by atoms with Gasteiger partial charge in [0.15, 0.2) is 0 Å². The highest BCUT2D eigenvalue weighted by molar-refractivity contribution is 7.87. The van der Waals surface area contributed by atoms with Crippen LogP contribution in [0.1, 0.15) is 72.7 Å². The van der Waals surface area contributed by atoms with Crippen molar-refractivity contribution in [1.29, 1.82) is 0 Å². The van der Waals surface area contributed by atoms with Crippen LogP contribution in [0.25, 0.3) is 0 Å². The summed E-state index contributed by atoms with van der Waals surface area (Å²) in [6, 6.07) is 9.15. The van der Waals surface area contributed by atoms with E-state index in [1.54, 1.807) is 40.0 Å². The van der Waals surface area contributed by atoms with Crippen LogP contribution < -0.4 is 14.7 Å². The van der Waals surface area contributed by atoms with Crippen LogP contribution in [0.5, 0.6) is 11.6 Å². The fourth-order valence-electron chi connectivity index (χ4n) is 5.68. The molecule has 2 aromatic carbocycles. The number of methoxy groups -OCH3 is 1. The molecule has 232 valence electrons. The first kappa shape index (κ1) is 32.2. The summed E-state index contributed by atoms with van der Waals surface area (Å²) in [5, 5.41) is 0. The Balaban J connectivity index is 1.61. The second-order valence-electron chi connectivity index (χ2n) is 12.2. The lowest BCUT2D eigenvalue weighted by atomic mass is 10.0. The summed E-state index contributed by atoms with van der Waals surface area (Å²) in [7, 11) is -2.64. The standard InChI is InChI=1S/C32H42N4O6S/c1-19-14-20(2)28(21(3)15-19)43(38,39)42-29-25(22(4)34-31(33)35-29)17-24-12-11-23(16-27(24)40-8)18-36-13-9-10-26(36)30(37)41-32(5,6)7/h11-12,14-16,26H,9-10,13,17-18H2,1-8H3,(H2,33,34,35). The number of esters is 1. The third kappa shape index (κ3) is 7.64. The Kier molecular flexibility index (Phi) is 9.36. The molecule has 3 aromatic rings. The third-order valence-corrected chi connectivity index (χ3v) is 8.90. The maximum absolute atomic E-state index is 13.5. The number of nitrogens with zero attached hydrogens (tertiary/aromatic N) is 3. The normalized spacial score (nSPS) is 15.9. The van der Waals surface area contributed by atoms with Gasteiger partial charge in [0, 0.05) is 18.5 Å². The van der Waals surface area contributed by atoms with Gasteiger partial charge in [-0.2, -0.15) is 13.4 Å². The zero-order valence-electron chi connectivity index (χ0n) is 26.3. The van der Waals surface area contributed by atoms with Gasteiger partial charge >= 0.3 is 16.1 Å². The van der Waals surface area contributed by atoms with Crippen molar-refractivity contribution in [3.05, 3.63) is 69.4 Å². The number of nitrogens with two attached hydrogens (primary N) is 1. The van der Waals surface area contributed by atoms with Gasteiger partial charge in [-0.05, 0) is 96.2 Å². The summed E-state index contributed by atoms with van der Waals surface area (Å²) in [5.74, 6) is 0.204. The molecule has 0 aliphatic carbocycles. The number of rotatable bonds is 9. The van der Waals surface area contributed by atoms with Gasteiger partial charge in [-0.15, -0.1) is 0 Å².